The van der Waals surface area contributed by atoms with Crippen LogP contribution in [0.25, 0.3) is 0 Å². The number of aliphatic hydroxyl groups excluding tert-OH is 1. The molecule has 16 heteroatoms. The van der Waals surface area contributed by atoms with Gasteiger partial charge in [0.15, 0.2) is 18.5 Å². The zero-order valence-electron chi connectivity index (χ0n) is 29.0. The zero-order valence-corrected chi connectivity index (χ0v) is 29.0. The first-order chi connectivity index (χ1) is 24.3. The molecular weight excluding hydrogens is 659 g/mol. The van der Waals surface area contributed by atoms with E-state index in [2.05, 4.69) is 10.6 Å². The number of nitrogens with one attached hydrogen (secondary N) is 3. The third-order valence-electron chi connectivity index (χ3n) is 8.83. The quantitative estimate of drug-likeness (QED) is 0.122. The normalized spacial score (nSPS) is 22.0. The van der Waals surface area contributed by atoms with E-state index >= 15 is 4.39 Å². The molecular formula is C34H55FN4O11. The van der Waals surface area contributed by atoms with Gasteiger partial charge in [0.1, 0.15) is 12.7 Å². The summed E-state index contributed by atoms with van der Waals surface area (Å²) in [7, 11) is 0. The lowest BCUT2D eigenvalue weighted by molar-refractivity contribution is -0.155. The molecule has 2 heterocycles. The second-order valence-corrected chi connectivity index (χ2v) is 12.7. The number of amides is 2. The van der Waals surface area contributed by atoms with E-state index in [9.17, 15) is 29.1 Å². The van der Waals surface area contributed by atoms with Crippen LogP contribution in [0.2, 0.25) is 0 Å². The van der Waals surface area contributed by atoms with Gasteiger partial charge in [-0.3, -0.25) is 23.9 Å². The monoisotopic (exact) mass is 714 g/mol. The number of carbonyl (C=O) groups is 3. The standard InChI is InChI=1S/C34H55FN4O11/c35-30-31(26(24-40)49-32(30)39-18-15-28(42)38-33(39)44)50-29(43)14-13-27(41)36-17-19-46-20-21-47-22-23-48-34(45)37-16-9-12-25-10-7-5-3-1-2-4-6-8-11-25/h15,18,25-26,30-32,40H,1-14,16-17,19-24H2,(H,36,41)(H,37,45)(H,38,42,44). The Labute approximate surface area is 291 Å². The van der Waals surface area contributed by atoms with Gasteiger partial charge in [0.2, 0.25) is 5.91 Å². The Kier molecular flexibility index (Phi) is 19.7. The van der Waals surface area contributed by atoms with Gasteiger partial charge in [-0.05, 0) is 18.8 Å². The van der Waals surface area contributed by atoms with E-state index in [1.54, 1.807) is 0 Å². The van der Waals surface area contributed by atoms with Crippen molar-refractivity contribution in [3.8, 4) is 0 Å². The van der Waals surface area contributed by atoms with Crippen molar-refractivity contribution in [2.24, 2.45) is 5.92 Å². The topological polar surface area (TPSA) is 197 Å². The van der Waals surface area contributed by atoms with Crippen molar-refractivity contribution in [1.29, 1.82) is 0 Å². The Morgan fingerprint density at radius 2 is 1.56 bits per heavy atom. The largest absolute Gasteiger partial charge is 0.456 e. The molecule has 1 saturated carbocycles. The minimum atomic E-state index is -2.01. The van der Waals surface area contributed by atoms with Crippen molar-refractivity contribution in [2.75, 3.05) is 52.7 Å². The van der Waals surface area contributed by atoms with Crippen LogP contribution in [-0.2, 0) is 33.3 Å². The Morgan fingerprint density at radius 3 is 2.24 bits per heavy atom. The van der Waals surface area contributed by atoms with Crippen LogP contribution in [-0.4, -0.2) is 104 Å². The molecule has 1 saturated heterocycles. The molecule has 2 amide bonds. The SMILES string of the molecule is O=C(CCC(=O)OC1C(CO)OC(n2ccc(=O)[nH]c2=O)C1F)NCCOCCOCCOC(=O)NCCCC1CCCCCCCCCC1. The first-order valence-electron chi connectivity index (χ1n) is 18.0. The predicted octanol–water partition coefficient (Wildman–Crippen LogP) is 2.64. The maximum atomic E-state index is 15.1. The first-order valence-corrected chi connectivity index (χ1v) is 18.0. The molecule has 0 aromatic carbocycles. The number of aromatic nitrogens is 2. The highest BCUT2D eigenvalue weighted by Gasteiger charge is 2.48. The molecule has 3 rings (SSSR count). The van der Waals surface area contributed by atoms with Gasteiger partial charge >= 0.3 is 17.8 Å². The lowest BCUT2D eigenvalue weighted by Crippen LogP contribution is -2.38. The van der Waals surface area contributed by atoms with Gasteiger partial charge in [-0.2, -0.15) is 0 Å². The smallest absolute Gasteiger partial charge is 0.407 e. The van der Waals surface area contributed by atoms with Crippen LogP contribution in [0.3, 0.4) is 0 Å². The van der Waals surface area contributed by atoms with Gasteiger partial charge < -0.3 is 39.4 Å². The highest BCUT2D eigenvalue weighted by molar-refractivity contribution is 5.81. The number of H-pyrrole nitrogens is 1. The molecule has 50 heavy (non-hydrogen) atoms. The van der Waals surface area contributed by atoms with Crippen LogP contribution in [0.15, 0.2) is 21.9 Å². The van der Waals surface area contributed by atoms with Crippen molar-refractivity contribution in [3.05, 3.63) is 33.1 Å². The lowest BCUT2D eigenvalue weighted by atomic mass is 9.91. The summed E-state index contributed by atoms with van der Waals surface area (Å²) >= 11 is 0. The number of ether oxygens (including phenoxy) is 5. The van der Waals surface area contributed by atoms with Crippen LogP contribution in [0.5, 0.6) is 0 Å². The minimum Gasteiger partial charge on any atom is -0.456 e. The number of hydrogen-bond acceptors (Lipinski definition) is 11. The molecule has 1 aromatic rings. The summed E-state index contributed by atoms with van der Waals surface area (Å²) in [6.45, 7) is 1.20. The van der Waals surface area contributed by atoms with Crippen LogP contribution in [0, 0.1) is 5.92 Å². The average molecular weight is 715 g/mol. The molecule has 0 bridgehead atoms. The Morgan fingerprint density at radius 1 is 0.900 bits per heavy atom. The molecule has 0 spiro atoms. The summed E-state index contributed by atoms with van der Waals surface area (Å²) in [5.41, 5.74) is -1.60. The molecule has 15 nitrogen and oxygen atoms in total. The van der Waals surface area contributed by atoms with Gasteiger partial charge in [0, 0.05) is 31.8 Å². The van der Waals surface area contributed by atoms with Gasteiger partial charge in [0.25, 0.3) is 5.56 Å². The highest BCUT2D eigenvalue weighted by atomic mass is 19.1. The fourth-order valence-electron chi connectivity index (χ4n) is 6.12. The number of aliphatic hydroxyl groups is 1. The summed E-state index contributed by atoms with van der Waals surface area (Å²) in [6.07, 6.45) is 9.16. The highest BCUT2D eigenvalue weighted by Crippen LogP contribution is 2.33. The summed E-state index contributed by atoms with van der Waals surface area (Å²) in [4.78, 5) is 61.6. The summed E-state index contributed by atoms with van der Waals surface area (Å²) in [5.74, 6) is -0.584. The van der Waals surface area contributed by atoms with Gasteiger partial charge in [0.05, 0.1) is 39.5 Å². The number of halogens is 1. The molecule has 0 radical (unpaired) electrons. The van der Waals surface area contributed by atoms with Crippen LogP contribution in [0.4, 0.5) is 9.18 Å². The van der Waals surface area contributed by atoms with E-state index in [1.807, 2.05) is 4.98 Å². The van der Waals surface area contributed by atoms with E-state index in [0.29, 0.717) is 6.54 Å². The molecule has 284 valence electrons. The first kappa shape index (κ1) is 41.1. The lowest BCUT2D eigenvalue weighted by Gasteiger charge is -2.18. The van der Waals surface area contributed by atoms with Crippen molar-refractivity contribution in [3.63, 3.8) is 0 Å². The number of carbonyl (C=O) groups excluding carboxylic acids is 3. The molecule has 4 N–H and O–H groups in total. The average Bonchev–Trinajstić information content (AvgIpc) is 3.37. The van der Waals surface area contributed by atoms with Gasteiger partial charge in [-0.1, -0.05) is 64.2 Å². The molecule has 4 atom stereocenters. The molecule has 1 aliphatic carbocycles. The fraction of sp³-hybridized carbons (Fsp3) is 0.794. The Bertz CT molecular complexity index is 1250. The third-order valence-corrected chi connectivity index (χ3v) is 8.83. The maximum Gasteiger partial charge on any atom is 0.407 e. The summed E-state index contributed by atoms with van der Waals surface area (Å²) < 4.78 is 42.3. The van der Waals surface area contributed by atoms with Gasteiger partial charge in [-0.15, -0.1) is 0 Å². The number of rotatable bonds is 19. The van der Waals surface area contributed by atoms with E-state index in [4.69, 9.17) is 23.7 Å². The number of esters is 1. The van der Waals surface area contributed by atoms with Crippen LogP contribution >= 0.6 is 0 Å². The second kappa shape index (κ2) is 24.0. The van der Waals surface area contributed by atoms with Crippen molar-refractivity contribution in [2.45, 2.75) is 114 Å². The predicted molar refractivity (Wildman–Crippen MR) is 179 cm³/mol. The van der Waals surface area contributed by atoms with E-state index < -0.39 is 60.4 Å². The Balaban J connectivity index is 1.14. The number of hydrogen-bond donors (Lipinski definition) is 4. The number of alkyl halides is 1. The van der Waals surface area contributed by atoms with E-state index in [1.165, 1.54) is 64.2 Å². The van der Waals surface area contributed by atoms with Crippen molar-refractivity contribution in [1.82, 2.24) is 20.2 Å². The number of nitrogens with zero attached hydrogens (tertiary/aromatic N) is 1. The molecule has 2 aliphatic rings. The Hall–Kier alpha value is -3.34. The van der Waals surface area contributed by atoms with Crippen molar-refractivity contribution < 1.29 is 47.6 Å². The van der Waals surface area contributed by atoms with Crippen LogP contribution < -0.4 is 21.9 Å². The maximum absolute atomic E-state index is 15.1. The summed E-state index contributed by atoms with van der Waals surface area (Å²) in [6, 6.07) is 1.00. The minimum absolute atomic E-state index is 0.128. The molecule has 2 fully saturated rings. The van der Waals surface area contributed by atoms with Gasteiger partial charge in [-0.25, -0.2) is 14.0 Å². The fourth-order valence-corrected chi connectivity index (χ4v) is 6.12. The second-order valence-electron chi connectivity index (χ2n) is 12.7. The third kappa shape index (κ3) is 15.7. The van der Waals surface area contributed by atoms with E-state index in [-0.39, 0.29) is 52.4 Å². The summed E-state index contributed by atoms with van der Waals surface area (Å²) in [5, 5.41) is 15.0. The van der Waals surface area contributed by atoms with Crippen molar-refractivity contribution >= 4 is 18.0 Å². The van der Waals surface area contributed by atoms with E-state index in [0.717, 1.165) is 35.6 Å². The molecule has 1 aromatic heterocycles. The molecule has 1 aliphatic heterocycles. The molecule has 4 unspecified atom stereocenters. The van der Waals surface area contributed by atoms with Crippen LogP contribution in [0.1, 0.15) is 96.1 Å². The number of aromatic amines is 1. The number of alkyl carbamates (subject to hydrolysis) is 1. The zero-order chi connectivity index (χ0) is 36.0.